The fourth-order valence-corrected chi connectivity index (χ4v) is 4.90. The molecule has 0 spiro atoms. The largest absolute Gasteiger partial charge is 0.434 e. The van der Waals surface area contributed by atoms with E-state index in [1.54, 1.807) is 39.8 Å². The lowest BCUT2D eigenvalue weighted by Gasteiger charge is -2.18. The van der Waals surface area contributed by atoms with Gasteiger partial charge in [0.05, 0.1) is 9.82 Å². The van der Waals surface area contributed by atoms with Crippen LogP contribution in [0.4, 0.5) is 17.2 Å². The predicted octanol–water partition coefficient (Wildman–Crippen LogP) is 5.22. The highest BCUT2D eigenvalue weighted by Crippen LogP contribution is 2.37. The number of nitrogens with zero attached hydrogens (tertiary/aromatic N) is 4. The first-order chi connectivity index (χ1) is 16.1. The van der Waals surface area contributed by atoms with Gasteiger partial charge in [0.1, 0.15) is 12.1 Å². The van der Waals surface area contributed by atoms with E-state index in [0.717, 1.165) is 17.5 Å². The van der Waals surface area contributed by atoms with Crippen LogP contribution in [-0.2, 0) is 10.0 Å². The standard InChI is InChI=1S/C22H24ClN5O5S/c1-5-27(6-2)34(31,32)18-9-7-16(8-10-18)26-21-20(28(29)30)22(25-13-24-21)33-17-11-14(3)19(23)15(4)12-17/h7-13H,5-6H2,1-4H3,(H,24,25,26). The Hall–Kier alpha value is -3.28. The summed E-state index contributed by atoms with van der Waals surface area (Å²) in [6.45, 7) is 7.82. The topological polar surface area (TPSA) is 128 Å². The third kappa shape index (κ3) is 5.27. The van der Waals surface area contributed by atoms with Gasteiger partial charge in [-0.2, -0.15) is 9.29 Å². The molecule has 0 unspecified atom stereocenters. The van der Waals surface area contributed by atoms with Gasteiger partial charge in [0.25, 0.3) is 0 Å². The summed E-state index contributed by atoms with van der Waals surface area (Å²) in [5.41, 5.74) is 1.45. The molecule has 0 aliphatic heterocycles. The smallest absolute Gasteiger partial charge is 0.373 e. The van der Waals surface area contributed by atoms with Crippen LogP contribution in [0, 0.1) is 24.0 Å². The molecule has 0 atom stereocenters. The van der Waals surface area contributed by atoms with Crippen LogP contribution in [0.15, 0.2) is 47.6 Å². The summed E-state index contributed by atoms with van der Waals surface area (Å²) in [7, 11) is -3.62. The van der Waals surface area contributed by atoms with Gasteiger partial charge in [-0.3, -0.25) is 10.1 Å². The van der Waals surface area contributed by atoms with Crippen molar-refractivity contribution in [3.63, 3.8) is 0 Å². The minimum absolute atomic E-state index is 0.100. The lowest BCUT2D eigenvalue weighted by molar-refractivity contribution is -0.385. The van der Waals surface area contributed by atoms with Crippen LogP contribution in [-0.4, -0.2) is 40.7 Å². The van der Waals surface area contributed by atoms with Crippen molar-refractivity contribution in [2.24, 2.45) is 0 Å². The number of halogens is 1. The van der Waals surface area contributed by atoms with E-state index in [-0.39, 0.29) is 16.6 Å². The summed E-state index contributed by atoms with van der Waals surface area (Å²) in [6, 6.07) is 9.19. The molecule has 0 bridgehead atoms. The van der Waals surface area contributed by atoms with Gasteiger partial charge in [0.15, 0.2) is 0 Å². The molecular formula is C22H24ClN5O5S. The van der Waals surface area contributed by atoms with Gasteiger partial charge in [-0.25, -0.2) is 13.4 Å². The van der Waals surface area contributed by atoms with Crippen molar-refractivity contribution >= 4 is 38.8 Å². The maximum absolute atomic E-state index is 12.7. The molecular weight excluding hydrogens is 482 g/mol. The molecule has 1 heterocycles. The highest BCUT2D eigenvalue weighted by molar-refractivity contribution is 7.89. The number of aryl methyl sites for hydroxylation is 2. The number of rotatable bonds is 9. The van der Waals surface area contributed by atoms with Gasteiger partial charge in [-0.1, -0.05) is 25.4 Å². The highest BCUT2D eigenvalue weighted by atomic mass is 35.5. The Morgan fingerprint density at radius 3 is 2.21 bits per heavy atom. The number of hydrogen-bond donors (Lipinski definition) is 1. The van der Waals surface area contributed by atoms with Crippen molar-refractivity contribution in [1.82, 2.24) is 14.3 Å². The first kappa shape index (κ1) is 25.3. The van der Waals surface area contributed by atoms with Gasteiger partial charge < -0.3 is 10.1 Å². The van der Waals surface area contributed by atoms with Gasteiger partial charge in [0.2, 0.25) is 15.8 Å². The molecule has 2 aromatic carbocycles. The lowest BCUT2D eigenvalue weighted by Crippen LogP contribution is -2.30. The van der Waals surface area contributed by atoms with Crippen LogP contribution < -0.4 is 10.1 Å². The van der Waals surface area contributed by atoms with Crippen molar-refractivity contribution in [2.45, 2.75) is 32.6 Å². The number of nitrogens with one attached hydrogen (secondary N) is 1. The number of benzene rings is 2. The van der Waals surface area contributed by atoms with Crippen molar-refractivity contribution in [3.05, 3.63) is 69.0 Å². The first-order valence-electron chi connectivity index (χ1n) is 10.4. The molecule has 0 saturated heterocycles. The number of ether oxygens (including phenoxy) is 1. The van der Waals surface area contributed by atoms with E-state index >= 15 is 0 Å². The molecule has 3 rings (SSSR count). The maximum Gasteiger partial charge on any atom is 0.373 e. The van der Waals surface area contributed by atoms with Crippen LogP contribution in [0.5, 0.6) is 11.6 Å². The zero-order valence-electron chi connectivity index (χ0n) is 19.1. The van der Waals surface area contributed by atoms with Crippen LogP contribution in [0.1, 0.15) is 25.0 Å². The predicted molar refractivity (Wildman–Crippen MR) is 130 cm³/mol. The minimum Gasteiger partial charge on any atom is -0.434 e. The summed E-state index contributed by atoms with van der Waals surface area (Å²) in [6.07, 6.45) is 1.14. The van der Waals surface area contributed by atoms with E-state index in [9.17, 15) is 18.5 Å². The molecule has 0 aliphatic carbocycles. The number of anilines is 2. The number of hydrogen-bond acceptors (Lipinski definition) is 8. The molecule has 0 fully saturated rings. The third-order valence-electron chi connectivity index (χ3n) is 5.06. The summed E-state index contributed by atoms with van der Waals surface area (Å²) >= 11 is 6.18. The molecule has 1 aromatic heterocycles. The second kappa shape index (κ2) is 10.3. The van der Waals surface area contributed by atoms with E-state index < -0.39 is 20.6 Å². The lowest BCUT2D eigenvalue weighted by atomic mass is 10.1. The van der Waals surface area contributed by atoms with Gasteiger partial charge >= 0.3 is 11.6 Å². The van der Waals surface area contributed by atoms with Crippen LogP contribution in [0.25, 0.3) is 0 Å². The number of aromatic nitrogens is 2. The minimum atomic E-state index is -3.62. The Bertz CT molecular complexity index is 1290. The normalized spacial score (nSPS) is 11.5. The Morgan fingerprint density at radius 1 is 1.09 bits per heavy atom. The molecule has 34 heavy (non-hydrogen) atoms. The fourth-order valence-electron chi connectivity index (χ4n) is 3.33. The van der Waals surface area contributed by atoms with Gasteiger partial charge in [-0.05, 0) is 61.4 Å². The second-order valence-corrected chi connectivity index (χ2v) is 9.66. The van der Waals surface area contributed by atoms with Crippen LogP contribution in [0.3, 0.4) is 0 Å². The van der Waals surface area contributed by atoms with E-state index in [2.05, 4.69) is 15.3 Å². The average Bonchev–Trinajstić information content (AvgIpc) is 2.78. The SMILES string of the molecule is CCN(CC)S(=O)(=O)c1ccc(Nc2ncnc(Oc3cc(C)c(Cl)c(C)c3)c2[N+](=O)[O-])cc1. The highest BCUT2D eigenvalue weighted by Gasteiger charge is 2.26. The van der Waals surface area contributed by atoms with E-state index in [0.29, 0.717) is 29.5 Å². The fraction of sp³-hybridized carbons (Fsp3) is 0.273. The molecule has 0 amide bonds. The van der Waals surface area contributed by atoms with Crippen molar-refractivity contribution in [3.8, 4) is 11.6 Å². The maximum atomic E-state index is 12.7. The Balaban J connectivity index is 1.92. The molecule has 0 saturated carbocycles. The average molecular weight is 506 g/mol. The molecule has 0 radical (unpaired) electrons. The molecule has 12 heteroatoms. The molecule has 1 N–H and O–H groups in total. The molecule has 0 aliphatic rings. The van der Waals surface area contributed by atoms with Crippen LogP contribution in [0.2, 0.25) is 5.02 Å². The monoisotopic (exact) mass is 505 g/mol. The molecule has 180 valence electrons. The quantitative estimate of drug-likeness (QED) is 0.309. The van der Waals surface area contributed by atoms with Crippen LogP contribution >= 0.6 is 11.6 Å². The number of nitro groups is 1. The molecule has 10 nitrogen and oxygen atoms in total. The van der Waals surface area contributed by atoms with E-state index in [1.165, 1.54) is 28.6 Å². The van der Waals surface area contributed by atoms with E-state index in [4.69, 9.17) is 16.3 Å². The zero-order valence-corrected chi connectivity index (χ0v) is 20.6. The number of sulfonamides is 1. The summed E-state index contributed by atoms with van der Waals surface area (Å²) < 4.78 is 32.4. The Kier molecular flexibility index (Phi) is 7.70. The van der Waals surface area contributed by atoms with Crippen molar-refractivity contribution in [2.75, 3.05) is 18.4 Å². The van der Waals surface area contributed by atoms with Crippen molar-refractivity contribution < 1.29 is 18.1 Å². The first-order valence-corrected chi connectivity index (χ1v) is 12.2. The molecule has 3 aromatic rings. The van der Waals surface area contributed by atoms with Gasteiger partial charge in [-0.15, -0.1) is 0 Å². The Labute approximate surface area is 202 Å². The third-order valence-corrected chi connectivity index (χ3v) is 7.72. The zero-order chi connectivity index (χ0) is 25.0. The summed E-state index contributed by atoms with van der Waals surface area (Å²) in [4.78, 5) is 19.2. The summed E-state index contributed by atoms with van der Waals surface area (Å²) in [5, 5.41) is 15.3. The summed E-state index contributed by atoms with van der Waals surface area (Å²) in [5.74, 6) is -0.000719. The Morgan fingerprint density at radius 2 is 1.68 bits per heavy atom. The second-order valence-electron chi connectivity index (χ2n) is 7.34. The van der Waals surface area contributed by atoms with E-state index in [1.807, 2.05) is 0 Å². The van der Waals surface area contributed by atoms with Gasteiger partial charge in [0, 0.05) is 23.8 Å². The van der Waals surface area contributed by atoms with Crippen molar-refractivity contribution in [1.29, 1.82) is 0 Å².